The van der Waals surface area contributed by atoms with Crippen LogP contribution in [-0.4, -0.2) is 60.8 Å². The second-order valence-corrected chi connectivity index (χ2v) is 13.0. The number of fused-ring (bicyclic) bond motifs is 3. The number of nitrogens with zero attached hydrogens (tertiary/aromatic N) is 1. The molecule has 1 amide bonds. The van der Waals surface area contributed by atoms with Gasteiger partial charge in [0.15, 0.2) is 0 Å². The van der Waals surface area contributed by atoms with Crippen molar-refractivity contribution >= 4 is 50.0 Å². The van der Waals surface area contributed by atoms with Crippen molar-refractivity contribution in [3.8, 4) is 11.5 Å². The minimum atomic E-state index is -3.17. The predicted octanol–water partition coefficient (Wildman–Crippen LogP) is 5.80. The third-order valence-electron chi connectivity index (χ3n) is 6.80. The molecule has 2 heterocycles. The van der Waals surface area contributed by atoms with Crippen molar-refractivity contribution in [3.63, 3.8) is 0 Å². The van der Waals surface area contributed by atoms with Gasteiger partial charge in [0.2, 0.25) is 0 Å². The highest BCUT2D eigenvalue weighted by molar-refractivity contribution is 7.90. The summed E-state index contributed by atoms with van der Waals surface area (Å²) >= 11 is 12.3. The van der Waals surface area contributed by atoms with E-state index in [2.05, 4.69) is 4.98 Å². The summed E-state index contributed by atoms with van der Waals surface area (Å²) in [6.07, 6.45) is 0.438. The van der Waals surface area contributed by atoms with Gasteiger partial charge in [-0.3, -0.25) is 4.90 Å². The number of carbonyl (C=O) groups excluding carboxylic acids is 1. The predicted molar refractivity (Wildman–Crippen MR) is 155 cm³/mol. The normalized spacial score (nSPS) is 16.0. The highest BCUT2D eigenvalue weighted by atomic mass is 35.5. The Hall–Kier alpha value is -3.24. The smallest absolute Gasteiger partial charge is 0.416 e. The van der Waals surface area contributed by atoms with Crippen molar-refractivity contribution in [2.24, 2.45) is 0 Å². The van der Waals surface area contributed by atoms with Crippen LogP contribution in [0.2, 0.25) is 10.0 Å². The Bertz CT molecular complexity index is 1620. The minimum absolute atomic E-state index is 0.0369. The molecule has 0 spiro atoms. The lowest BCUT2D eigenvalue weighted by Crippen LogP contribution is -2.42. The number of hydrogen-bond donors (Lipinski definition) is 2. The first-order chi connectivity index (χ1) is 19.1. The summed E-state index contributed by atoms with van der Waals surface area (Å²) in [6.45, 7) is 0.388. The summed E-state index contributed by atoms with van der Waals surface area (Å²) < 4.78 is 34.1. The maximum absolute atomic E-state index is 13.4. The van der Waals surface area contributed by atoms with Crippen LogP contribution in [0.4, 0.5) is 4.79 Å². The average molecular weight is 604 g/mol. The van der Waals surface area contributed by atoms with Crippen LogP contribution in [0.1, 0.15) is 29.3 Å². The molecular weight excluding hydrogens is 575 g/mol. The molecule has 0 saturated carbocycles. The zero-order valence-electron chi connectivity index (χ0n) is 21.6. The van der Waals surface area contributed by atoms with E-state index in [0.717, 1.165) is 34.0 Å². The summed E-state index contributed by atoms with van der Waals surface area (Å²) in [6, 6.07) is 19.1. The molecule has 4 aromatic rings. The second-order valence-electron chi connectivity index (χ2n) is 9.83. The van der Waals surface area contributed by atoms with E-state index in [1.807, 2.05) is 30.3 Å². The van der Waals surface area contributed by atoms with Crippen molar-refractivity contribution in [1.82, 2.24) is 9.88 Å². The number of aromatic nitrogens is 1. The SMILES string of the molecule is CS(=O)(=O)CCC(O)COc1ccc(C2c3[nH]c4ccc(Cl)cc4c3CCN2C(=O)Oc2ccc(Cl)cc2)cc1. The van der Waals surface area contributed by atoms with Gasteiger partial charge in [-0.2, -0.15) is 0 Å². The molecule has 2 N–H and O–H groups in total. The number of sulfone groups is 1. The van der Waals surface area contributed by atoms with Gasteiger partial charge in [0.05, 0.1) is 11.9 Å². The third-order valence-corrected chi connectivity index (χ3v) is 8.27. The van der Waals surface area contributed by atoms with Gasteiger partial charge in [0.1, 0.15) is 34.0 Å². The van der Waals surface area contributed by atoms with E-state index in [4.69, 9.17) is 32.7 Å². The minimum Gasteiger partial charge on any atom is -0.491 e. The maximum Gasteiger partial charge on any atom is 0.416 e. The number of H-pyrrole nitrogens is 1. The maximum atomic E-state index is 13.4. The van der Waals surface area contributed by atoms with Crippen molar-refractivity contribution < 1.29 is 27.8 Å². The Balaban J connectivity index is 1.41. The van der Waals surface area contributed by atoms with Gasteiger partial charge in [-0.1, -0.05) is 35.3 Å². The summed E-state index contributed by atoms with van der Waals surface area (Å²) in [5.41, 5.74) is 3.72. The highest BCUT2D eigenvalue weighted by Gasteiger charge is 2.35. The quantitative estimate of drug-likeness (QED) is 0.264. The van der Waals surface area contributed by atoms with E-state index >= 15 is 0 Å². The molecule has 5 rings (SSSR count). The summed E-state index contributed by atoms with van der Waals surface area (Å²) in [5.74, 6) is 0.787. The topological polar surface area (TPSA) is 109 Å². The Morgan fingerprint density at radius 3 is 2.42 bits per heavy atom. The van der Waals surface area contributed by atoms with Gasteiger partial charge in [0, 0.05) is 39.4 Å². The number of aromatic amines is 1. The summed E-state index contributed by atoms with van der Waals surface area (Å²) in [4.78, 5) is 18.6. The number of rotatable bonds is 8. The van der Waals surface area contributed by atoms with E-state index in [1.54, 1.807) is 41.3 Å². The lowest BCUT2D eigenvalue weighted by atomic mass is 9.92. The number of nitrogens with one attached hydrogen (secondary N) is 1. The Morgan fingerprint density at radius 2 is 1.73 bits per heavy atom. The van der Waals surface area contributed by atoms with Crippen molar-refractivity contribution in [2.45, 2.75) is 25.0 Å². The number of amides is 1. The first-order valence-corrected chi connectivity index (χ1v) is 15.5. The van der Waals surface area contributed by atoms with Gasteiger partial charge in [-0.15, -0.1) is 0 Å². The number of carbonyl (C=O) groups is 1. The van der Waals surface area contributed by atoms with Crippen molar-refractivity contribution in [3.05, 3.63) is 93.6 Å². The lowest BCUT2D eigenvalue weighted by Gasteiger charge is -2.35. The van der Waals surface area contributed by atoms with Gasteiger partial charge >= 0.3 is 6.09 Å². The van der Waals surface area contributed by atoms with Gasteiger partial charge in [-0.05, 0) is 78.6 Å². The Kier molecular flexibility index (Phi) is 8.28. The molecule has 2 unspecified atom stereocenters. The molecule has 0 fully saturated rings. The number of hydrogen-bond acceptors (Lipinski definition) is 6. The zero-order valence-corrected chi connectivity index (χ0v) is 24.0. The fourth-order valence-corrected chi connectivity index (χ4v) is 5.84. The zero-order chi connectivity index (χ0) is 28.4. The molecule has 1 aliphatic heterocycles. The highest BCUT2D eigenvalue weighted by Crippen LogP contribution is 2.40. The number of aliphatic hydroxyl groups excluding tert-OH is 1. The molecule has 0 aliphatic carbocycles. The summed E-state index contributed by atoms with van der Waals surface area (Å²) in [7, 11) is -3.17. The van der Waals surface area contributed by atoms with E-state index in [9.17, 15) is 18.3 Å². The molecule has 40 heavy (non-hydrogen) atoms. The number of ether oxygens (including phenoxy) is 2. The van der Waals surface area contributed by atoms with Crippen LogP contribution in [0.5, 0.6) is 11.5 Å². The van der Waals surface area contributed by atoms with Gasteiger partial charge in [0.25, 0.3) is 0 Å². The van der Waals surface area contributed by atoms with Crippen LogP contribution in [0.3, 0.4) is 0 Å². The van der Waals surface area contributed by atoms with E-state index < -0.39 is 28.1 Å². The molecular formula is C29H28Cl2N2O6S. The molecule has 3 aromatic carbocycles. The van der Waals surface area contributed by atoms with Crippen molar-refractivity contribution in [2.75, 3.05) is 25.2 Å². The van der Waals surface area contributed by atoms with E-state index in [0.29, 0.717) is 34.5 Å². The molecule has 8 nitrogen and oxygen atoms in total. The van der Waals surface area contributed by atoms with E-state index in [-0.39, 0.29) is 18.8 Å². The number of aliphatic hydroxyl groups is 1. The second kappa shape index (κ2) is 11.7. The average Bonchev–Trinajstić information content (AvgIpc) is 3.29. The van der Waals surface area contributed by atoms with Crippen LogP contribution in [0, 0.1) is 0 Å². The Labute approximate surface area is 242 Å². The first-order valence-electron chi connectivity index (χ1n) is 12.7. The van der Waals surface area contributed by atoms with Crippen LogP contribution < -0.4 is 9.47 Å². The fourth-order valence-electron chi connectivity index (χ4n) is 4.84. The molecule has 0 saturated heterocycles. The monoisotopic (exact) mass is 602 g/mol. The van der Waals surface area contributed by atoms with Crippen LogP contribution in [0.25, 0.3) is 10.9 Å². The molecule has 210 valence electrons. The molecule has 0 radical (unpaired) electrons. The molecule has 2 atom stereocenters. The standard InChI is InChI=1S/C29H28Cl2N2O6S/c1-40(36,37)15-13-21(34)17-38-22-7-2-18(3-8-22)28-27-24(25-16-20(31)6-11-26(25)32-27)12-14-33(28)29(35)39-23-9-4-19(30)5-10-23/h2-11,16,21,28,32,34H,12-15,17H2,1H3. The lowest BCUT2D eigenvalue weighted by molar-refractivity contribution is 0.105. The Morgan fingerprint density at radius 1 is 1.05 bits per heavy atom. The molecule has 1 aliphatic rings. The molecule has 1 aromatic heterocycles. The molecule has 0 bridgehead atoms. The third kappa shape index (κ3) is 6.55. The summed E-state index contributed by atoms with van der Waals surface area (Å²) in [5, 5.41) is 12.3. The number of halogens is 2. The number of benzene rings is 3. The largest absolute Gasteiger partial charge is 0.491 e. The fraction of sp³-hybridized carbons (Fsp3) is 0.276. The van der Waals surface area contributed by atoms with Crippen LogP contribution in [-0.2, 0) is 16.3 Å². The van der Waals surface area contributed by atoms with Crippen molar-refractivity contribution in [1.29, 1.82) is 0 Å². The first kappa shape index (κ1) is 28.3. The van der Waals surface area contributed by atoms with Crippen LogP contribution in [0.15, 0.2) is 66.7 Å². The van der Waals surface area contributed by atoms with Gasteiger partial charge in [-0.25, -0.2) is 13.2 Å². The molecule has 11 heteroatoms. The van der Waals surface area contributed by atoms with E-state index in [1.165, 1.54) is 0 Å². The van der Waals surface area contributed by atoms with Crippen LogP contribution >= 0.6 is 23.2 Å². The van der Waals surface area contributed by atoms with Gasteiger partial charge < -0.3 is 19.6 Å².